The van der Waals surface area contributed by atoms with Crippen molar-refractivity contribution in [3.8, 4) is 0 Å². The molecule has 0 radical (unpaired) electrons. The van der Waals surface area contributed by atoms with Crippen LogP contribution >= 0.6 is 31.9 Å². The number of carbonyl (C=O) groups is 1. The number of benzene rings is 1. The van der Waals surface area contributed by atoms with Crippen LogP contribution in [0.3, 0.4) is 0 Å². The standard InChI is InChI=1S/C11H13Br2NO2/c1-3-9(11(15)16-2)14-10-6-7(12)4-5-8(10)13/h4-6,9,14H,3H2,1-2H3. The van der Waals surface area contributed by atoms with Gasteiger partial charge in [0, 0.05) is 8.95 Å². The number of hydrogen-bond acceptors (Lipinski definition) is 3. The van der Waals surface area contributed by atoms with Crippen LogP contribution in [0.1, 0.15) is 13.3 Å². The lowest BCUT2D eigenvalue weighted by Crippen LogP contribution is -2.29. The van der Waals surface area contributed by atoms with Crippen molar-refractivity contribution >= 4 is 43.5 Å². The van der Waals surface area contributed by atoms with E-state index in [4.69, 9.17) is 4.74 Å². The van der Waals surface area contributed by atoms with E-state index in [-0.39, 0.29) is 12.0 Å². The number of esters is 1. The van der Waals surface area contributed by atoms with E-state index in [9.17, 15) is 4.79 Å². The van der Waals surface area contributed by atoms with Crippen molar-refractivity contribution in [1.29, 1.82) is 0 Å². The smallest absolute Gasteiger partial charge is 0.328 e. The first kappa shape index (κ1) is 13.5. The molecule has 88 valence electrons. The van der Waals surface area contributed by atoms with Gasteiger partial charge in [-0.25, -0.2) is 4.79 Å². The Balaban J connectivity index is 2.85. The topological polar surface area (TPSA) is 38.3 Å². The minimum Gasteiger partial charge on any atom is -0.467 e. The summed E-state index contributed by atoms with van der Waals surface area (Å²) in [5.74, 6) is -0.255. The summed E-state index contributed by atoms with van der Waals surface area (Å²) < 4.78 is 6.59. The predicted molar refractivity (Wildman–Crippen MR) is 71.6 cm³/mol. The number of methoxy groups -OCH3 is 1. The summed E-state index contributed by atoms with van der Waals surface area (Å²) in [6, 6.07) is 5.43. The van der Waals surface area contributed by atoms with Gasteiger partial charge in [-0.05, 0) is 40.5 Å². The largest absolute Gasteiger partial charge is 0.467 e. The van der Waals surface area contributed by atoms with Crippen LogP contribution < -0.4 is 5.32 Å². The molecular formula is C11H13Br2NO2. The minimum absolute atomic E-state index is 0.255. The zero-order valence-electron chi connectivity index (χ0n) is 9.09. The first-order valence-corrected chi connectivity index (χ1v) is 6.46. The summed E-state index contributed by atoms with van der Waals surface area (Å²) in [6.07, 6.45) is 0.672. The molecule has 0 spiro atoms. The Bertz CT molecular complexity index is 382. The Hall–Kier alpha value is -0.550. The Morgan fingerprint density at radius 3 is 2.75 bits per heavy atom. The molecule has 0 aliphatic carbocycles. The van der Waals surface area contributed by atoms with Crippen LogP contribution in [0.15, 0.2) is 27.1 Å². The third-order valence-corrected chi connectivity index (χ3v) is 3.34. The molecule has 0 aliphatic heterocycles. The molecular weight excluding hydrogens is 338 g/mol. The first-order chi connectivity index (χ1) is 7.58. The lowest BCUT2D eigenvalue weighted by Gasteiger charge is -2.17. The zero-order chi connectivity index (χ0) is 12.1. The van der Waals surface area contributed by atoms with Gasteiger partial charge in [0.2, 0.25) is 0 Å². The van der Waals surface area contributed by atoms with Crippen LogP contribution in [0.4, 0.5) is 5.69 Å². The van der Waals surface area contributed by atoms with Crippen molar-refractivity contribution in [2.45, 2.75) is 19.4 Å². The highest BCUT2D eigenvalue weighted by Gasteiger charge is 2.17. The summed E-state index contributed by atoms with van der Waals surface area (Å²) in [6.45, 7) is 1.93. The summed E-state index contributed by atoms with van der Waals surface area (Å²) in [7, 11) is 1.39. The number of hydrogen-bond donors (Lipinski definition) is 1. The number of halogens is 2. The Labute approximate surface area is 112 Å². The van der Waals surface area contributed by atoms with Crippen LogP contribution in [-0.2, 0) is 9.53 Å². The van der Waals surface area contributed by atoms with E-state index in [1.165, 1.54) is 7.11 Å². The quantitative estimate of drug-likeness (QED) is 0.843. The average Bonchev–Trinajstić information content (AvgIpc) is 2.29. The summed E-state index contributed by atoms with van der Waals surface area (Å²) >= 11 is 6.81. The highest BCUT2D eigenvalue weighted by atomic mass is 79.9. The van der Waals surface area contributed by atoms with Gasteiger partial charge in [-0.2, -0.15) is 0 Å². The number of nitrogens with one attached hydrogen (secondary N) is 1. The van der Waals surface area contributed by atoms with Gasteiger partial charge in [0.1, 0.15) is 6.04 Å². The molecule has 0 aliphatic rings. The fourth-order valence-electron chi connectivity index (χ4n) is 1.27. The van der Waals surface area contributed by atoms with Crippen molar-refractivity contribution in [2.24, 2.45) is 0 Å². The highest BCUT2D eigenvalue weighted by molar-refractivity contribution is 9.11. The van der Waals surface area contributed by atoms with Gasteiger partial charge >= 0.3 is 5.97 Å². The molecule has 3 nitrogen and oxygen atoms in total. The molecule has 1 unspecified atom stereocenters. The normalized spacial score (nSPS) is 12.0. The van der Waals surface area contributed by atoms with E-state index in [2.05, 4.69) is 37.2 Å². The van der Waals surface area contributed by atoms with Gasteiger partial charge in [-0.15, -0.1) is 0 Å². The van der Waals surface area contributed by atoms with Gasteiger partial charge < -0.3 is 10.1 Å². The third-order valence-electron chi connectivity index (χ3n) is 2.15. The SMILES string of the molecule is CCC(Nc1cc(Br)ccc1Br)C(=O)OC. The van der Waals surface area contributed by atoms with Gasteiger partial charge in [0.25, 0.3) is 0 Å². The second kappa shape index (κ2) is 6.25. The molecule has 0 fully saturated rings. The number of carbonyl (C=O) groups excluding carboxylic acids is 1. The van der Waals surface area contributed by atoms with Crippen molar-refractivity contribution in [2.75, 3.05) is 12.4 Å². The summed E-state index contributed by atoms with van der Waals surface area (Å²) in [4.78, 5) is 11.4. The lowest BCUT2D eigenvalue weighted by atomic mass is 10.2. The van der Waals surface area contributed by atoms with Crippen LogP contribution in [0.2, 0.25) is 0 Å². The molecule has 0 saturated carbocycles. The molecule has 16 heavy (non-hydrogen) atoms. The summed E-state index contributed by atoms with van der Waals surface area (Å²) in [5.41, 5.74) is 0.867. The Morgan fingerprint density at radius 1 is 1.50 bits per heavy atom. The van der Waals surface area contributed by atoms with Crippen molar-refractivity contribution in [3.63, 3.8) is 0 Å². The molecule has 5 heteroatoms. The molecule has 0 bridgehead atoms. The highest BCUT2D eigenvalue weighted by Crippen LogP contribution is 2.27. The van der Waals surface area contributed by atoms with E-state index >= 15 is 0 Å². The Morgan fingerprint density at radius 2 is 2.19 bits per heavy atom. The van der Waals surface area contributed by atoms with Gasteiger partial charge in [0.15, 0.2) is 0 Å². The van der Waals surface area contributed by atoms with E-state index < -0.39 is 0 Å². The summed E-state index contributed by atoms with van der Waals surface area (Å²) in [5, 5.41) is 3.14. The van der Waals surface area contributed by atoms with Crippen LogP contribution in [0, 0.1) is 0 Å². The van der Waals surface area contributed by atoms with E-state index in [0.29, 0.717) is 6.42 Å². The molecule has 1 N–H and O–H groups in total. The van der Waals surface area contributed by atoms with Gasteiger partial charge in [-0.3, -0.25) is 0 Å². The molecule has 1 aromatic carbocycles. The molecule has 0 amide bonds. The maximum Gasteiger partial charge on any atom is 0.328 e. The zero-order valence-corrected chi connectivity index (χ0v) is 12.3. The van der Waals surface area contributed by atoms with E-state index in [0.717, 1.165) is 14.6 Å². The molecule has 1 aromatic rings. The maximum absolute atomic E-state index is 11.4. The number of ether oxygens (including phenoxy) is 1. The van der Waals surface area contributed by atoms with Gasteiger partial charge in [-0.1, -0.05) is 22.9 Å². The van der Waals surface area contributed by atoms with Gasteiger partial charge in [0.05, 0.1) is 12.8 Å². The van der Waals surface area contributed by atoms with Crippen LogP contribution in [-0.4, -0.2) is 19.1 Å². The van der Waals surface area contributed by atoms with E-state index in [1.54, 1.807) is 0 Å². The van der Waals surface area contributed by atoms with Crippen LogP contribution in [0.25, 0.3) is 0 Å². The third kappa shape index (κ3) is 3.49. The lowest BCUT2D eigenvalue weighted by molar-refractivity contribution is -0.141. The number of rotatable bonds is 4. The second-order valence-corrected chi connectivity index (χ2v) is 5.02. The monoisotopic (exact) mass is 349 g/mol. The fourth-order valence-corrected chi connectivity index (χ4v) is 1.99. The molecule has 0 aromatic heterocycles. The minimum atomic E-state index is -0.324. The van der Waals surface area contributed by atoms with E-state index in [1.807, 2.05) is 25.1 Å². The molecule has 0 saturated heterocycles. The maximum atomic E-state index is 11.4. The molecule has 0 heterocycles. The van der Waals surface area contributed by atoms with Crippen LogP contribution in [0.5, 0.6) is 0 Å². The number of anilines is 1. The molecule has 1 atom stereocenters. The fraction of sp³-hybridized carbons (Fsp3) is 0.364. The average molecular weight is 351 g/mol. The van der Waals surface area contributed by atoms with Crippen molar-refractivity contribution in [1.82, 2.24) is 0 Å². The van der Waals surface area contributed by atoms with Crippen molar-refractivity contribution in [3.05, 3.63) is 27.1 Å². The predicted octanol–water partition coefficient (Wildman–Crippen LogP) is 3.58. The second-order valence-electron chi connectivity index (χ2n) is 3.25. The van der Waals surface area contributed by atoms with Crippen molar-refractivity contribution < 1.29 is 9.53 Å². The Kier molecular flexibility index (Phi) is 5.28. The molecule has 1 rings (SSSR count). The first-order valence-electron chi connectivity index (χ1n) is 4.88.